The largest absolute Gasteiger partial charge is 0.409 e. The van der Waals surface area contributed by atoms with Gasteiger partial charge in [-0.05, 0) is 18.4 Å². The molecular formula is C13H21N3O3S2. The zero-order chi connectivity index (χ0) is 15.9. The van der Waals surface area contributed by atoms with Gasteiger partial charge in [-0.3, -0.25) is 0 Å². The SMILES string of the molecule is CSC(C)CNCCS(=O)(=O)c1cccc(/C(N)=N/O)c1. The highest BCUT2D eigenvalue weighted by molar-refractivity contribution is 7.99. The first-order valence-corrected chi connectivity index (χ1v) is 9.39. The Morgan fingerprint density at radius 1 is 1.52 bits per heavy atom. The standard InChI is InChI=1S/C13H21N3O3S2/c1-10(20-2)9-15-6-7-21(18,19)12-5-3-4-11(8-12)13(14)16-17/h3-5,8,10,15,17H,6-7,9H2,1-2H3,(H2,14,16). The van der Waals surface area contributed by atoms with Crippen LogP contribution in [0.5, 0.6) is 0 Å². The summed E-state index contributed by atoms with van der Waals surface area (Å²) in [7, 11) is -3.39. The molecule has 6 nitrogen and oxygen atoms in total. The molecule has 0 saturated carbocycles. The van der Waals surface area contributed by atoms with Crippen LogP contribution in [0.2, 0.25) is 0 Å². The number of amidine groups is 1. The molecule has 0 aromatic heterocycles. The predicted molar refractivity (Wildman–Crippen MR) is 86.9 cm³/mol. The Morgan fingerprint density at radius 3 is 2.86 bits per heavy atom. The Morgan fingerprint density at radius 2 is 2.24 bits per heavy atom. The molecule has 118 valence electrons. The van der Waals surface area contributed by atoms with Gasteiger partial charge in [0.05, 0.1) is 10.6 Å². The van der Waals surface area contributed by atoms with Crippen molar-refractivity contribution in [3.05, 3.63) is 29.8 Å². The van der Waals surface area contributed by atoms with Gasteiger partial charge in [0, 0.05) is 23.9 Å². The fraction of sp³-hybridized carbons (Fsp3) is 0.462. The van der Waals surface area contributed by atoms with Gasteiger partial charge >= 0.3 is 0 Å². The molecular weight excluding hydrogens is 310 g/mol. The monoisotopic (exact) mass is 331 g/mol. The van der Waals surface area contributed by atoms with E-state index in [0.29, 0.717) is 17.4 Å². The van der Waals surface area contributed by atoms with E-state index in [2.05, 4.69) is 17.4 Å². The molecule has 0 aliphatic heterocycles. The Labute approximate surface area is 129 Å². The zero-order valence-electron chi connectivity index (χ0n) is 12.1. The van der Waals surface area contributed by atoms with E-state index in [1.54, 1.807) is 23.9 Å². The Hall–Kier alpha value is -1.25. The molecule has 0 fully saturated rings. The van der Waals surface area contributed by atoms with Crippen LogP contribution in [0.4, 0.5) is 0 Å². The van der Waals surface area contributed by atoms with Gasteiger partial charge in [0.15, 0.2) is 15.7 Å². The van der Waals surface area contributed by atoms with E-state index in [1.165, 1.54) is 12.1 Å². The average molecular weight is 331 g/mol. The lowest BCUT2D eigenvalue weighted by atomic mass is 10.2. The Kier molecular flexibility index (Phi) is 7.00. The van der Waals surface area contributed by atoms with E-state index in [0.717, 1.165) is 6.54 Å². The van der Waals surface area contributed by atoms with Crippen molar-refractivity contribution in [2.24, 2.45) is 10.9 Å². The molecule has 0 radical (unpaired) electrons. The van der Waals surface area contributed by atoms with Gasteiger partial charge in [0.2, 0.25) is 0 Å². The Balaban J connectivity index is 2.70. The molecule has 0 aliphatic carbocycles. The van der Waals surface area contributed by atoms with Crippen molar-refractivity contribution >= 4 is 27.4 Å². The average Bonchev–Trinajstić information content (AvgIpc) is 2.50. The summed E-state index contributed by atoms with van der Waals surface area (Å²) in [4.78, 5) is 0.173. The molecule has 8 heteroatoms. The molecule has 1 aromatic rings. The van der Waals surface area contributed by atoms with E-state index < -0.39 is 9.84 Å². The topological polar surface area (TPSA) is 105 Å². The summed E-state index contributed by atoms with van der Waals surface area (Å²) in [6.07, 6.45) is 2.02. The second-order valence-corrected chi connectivity index (χ2v) is 7.97. The van der Waals surface area contributed by atoms with E-state index >= 15 is 0 Å². The summed E-state index contributed by atoms with van der Waals surface area (Å²) >= 11 is 1.72. The van der Waals surface area contributed by atoms with Gasteiger partial charge in [-0.2, -0.15) is 11.8 Å². The van der Waals surface area contributed by atoms with Crippen molar-refractivity contribution < 1.29 is 13.6 Å². The van der Waals surface area contributed by atoms with Crippen LogP contribution in [0, 0.1) is 0 Å². The van der Waals surface area contributed by atoms with E-state index in [4.69, 9.17) is 10.9 Å². The van der Waals surface area contributed by atoms with Gasteiger partial charge in [0.25, 0.3) is 0 Å². The predicted octanol–water partition coefficient (Wildman–Crippen LogP) is 0.896. The zero-order valence-corrected chi connectivity index (χ0v) is 13.7. The van der Waals surface area contributed by atoms with Gasteiger partial charge in [-0.15, -0.1) is 0 Å². The smallest absolute Gasteiger partial charge is 0.179 e. The summed E-state index contributed by atoms with van der Waals surface area (Å²) in [6, 6.07) is 6.08. The first-order chi connectivity index (χ1) is 9.90. The molecule has 1 rings (SSSR count). The maximum absolute atomic E-state index is 12.2. The molecule has 0 amide bonds. The molecule has 4 N–H and O–H groups in total. The van der Waals surface area contributed by atoms with Crippen molar-refractivity contribution in [3.8, 4) is 0 Å². The lowest BCUT2D eigenvalue weighted by molar-refractivity contribution is 0.318. The second-order valence-electron chi connectivity index (χ2n) is 4.58. The summed E-state index contributed by atoms with van der Waals surface area (Å²) < 4.78 is 24.4. The van der Waals surface area contributed by atoms with Gasteiger partial charge in [-0.25, -0.2) is 8.42 Å². The molecule has 0 spiro atoms. The minimum Gasteiger partial charge on any atom is -0.409 e. The maximum Gasteiger partial charge on any atom is 0.179 e. The third-order valence-corrected chi connectivity index (χ3v) is 5.66. The van der Waals surface area contributed by atoms with Crippen molar-refractivity contribution in [2.75, 3.05) is 25.1 Å². The fourth-order valence-electron chi connectivity index (χ4n) is 1.62. The van der Waals surface area contributed by atoms with E-state index in [9.17, 15) is 8.42 Å². The third kappa shape index (κ3) is 5.56. The number of rotatable bonds is 8. The van der Waals surface area contributed by atoms with Crippen molar-refractivity contribution in [1.29, 1.82) is 0 Å². The molecule has 1 aromatic carbocycles. The van der Waals surface area contributed by atoms with Crippen LogP contribution < -0.4 is 11.1 Å². The molecule has 0 aliphatic rings. The van der Waals surface area contributed by atoms with Crippen molar-refractivity contribution in [3.63, 3.8) is 0 Å². The van der Waals surface area contributed by atoms with Crippen LogP contribution in [-0.2, 0) is 9.84 Å². The number of hydrogen-bond donors (Lipinski definition) is 3. The van der Waals surface area contributed by atoms with Gasteiger partial charge < -0.3 is 16.3 Å². The minimum absolute atomic E-state index is 0.00767. The van der Waals surface area contributed by atoms with E-state index in [-0.39, 0.29) is 16.5 Å². The lowest BCUT2D eigenvalue weighted by Crippen LogP contribution is -2.28. The summed E-state index contributed by atoms with van der Waals surface area (Å²) in [5, 5.41) is 15.1. The second kappa shape index (κ2) is 8.26. The number of thioether (sulfide) groups is 1. The molecule has 0 heterocycles. The highest BCUT2D eigenvalue weighted by Crippen LogP contribution is 2.13. The number of sulfone groups is 1. The lowest BCUT2D eigenvalue weighted by Gasteiger charge is -2.10. The van der Waals surface area contributed by atoms with Crippen LogP contribution in [0.25, 0.3) is 0 Å². The van der Waals surface area contributed by atoms with Crippen LogP contribution in [-0.4, -0.2) is 49.8 Å². The minimum atomic E-state index is -3.39. The normalized spacial score (nSPS) is 14.1. The number of benzene rings is 1. The van der Waals surface area contributed by atoms with Crippen LogP contribution in [0.15, 0.2) is 34.3 Å². The number of nitrogens with two attached hydrogens (primary N) is 1. The number of nitrogens with one attached hydrogen (secondary N) is 1. The van der Waals surface area contributed by atoms with Gasteiger partial charge in [-0.1, -0.05) is 24.2 Å². The third-order valence-electron chi connectivity index (χ3n) is 2.98. The number of oxime groups is 1. The van der Waals surface area contributed by atoms with Crippen LogP contribution in [0.3, 0.4) is 0 Å². The first kappa shape index (κ1) is 17.8. The highest BCUT2D eigenvalue weighted by atomic mass is 32.2. The van der Waals surface area contributed by atoms with Crippen LogP contribution >= 0.6 is 11.8 Å². The summed E-state index contributed by atoms with van der Waals surface area (Å²) in [5.74, 6) is -0.104. The van der Waals surface area contributed by atoms with Crippen molar-refractivity contribution in [2.45, 2.75) is 17.1 Å². The maximum atomic E-state index is 12.2. The highest BCUT2D eigenvalue weighted by Gasteiger charge is 2.15. The summed E-state index contributed by atoms with van der Waals surface area (Å²) in [6.45, 7) is 3.23. The van der Waals surface area contributed by atoms with E-state index in [1.807, 2.05) is 6.26 Å². The fourth-order valence-corrected chi connectivity index (χ4v) is 3.15. The molecule has 0 bridgehead atoms. The number of nitrogens with zero attached hydrogens (tertiary/aromatic N) is 1. The quantitative estimate of drug-likeness (QED) is 0.215. The first-order valence-electron chi connectivity index (χ1n) is 6.45. The Bertz CT molecular complexity index is 588. The molecule has 1 unspecified atom stereocenters. The van der Waals surface area contributed by atoms with Crippen molar-refractivity contribution in [1.82, 2.24) is 5.32 Å². The molecule has 0 saturated heterocycles. The molecule has 1 atom stereocenters. The number of hydrogen-bond acceptors (Lipinski definition) is 6. The van der Waals surface area contributed by atoms with Gasteiger partial charge in [0.1, 0.15) is 0 Å². The molecule has 21 heavy (non-hydrogen) atoms. The van der Waals surface area contributed by atoms with Crippen LogP contribution in [0.1, 0.15) is 12.5 Å². The summed E-state index contributed by atoms with van der Waals surface area (Å²) in [5.41, 5.74) is 5.84.